The van der Waals surface area contributed by atoms with Gasteiger partial charge in [-0.1, -0.05) is 140 Å². The molecule has 0 aromatic heterocycles. The van der Waals surface area contributed by atoms with Gasteiger partial charge in [0.25, 0.3) is 0 Å². The minimum atomic E-state index is -0.272. The molecule has 0 saturated heterocycles. The molecule has 1 atom stereocenters. The van der Waals surface area contributed by atoms with Gasteiger partial charge in [-0.05, 0) is 99.1 Å². The van der Waals surface area contributed by atoms with Crippen molar-refractivity contribution in [3.8, 4) is 33.4 Å². The van der Waals surface area contributed by atoms with Crippen LogP contribution in [0, 0.1) is 0 Å². The fourth-order valence-corrected chi connectivity index (χ4v) is 7.15. The molecule has 7 aromatic carbocycles. The highest BCUT2D eigenvalue weighted by molar-refractivity contribution is 5.91. The molecule has 1 aliphatic rings. The predicted molar refractivity (Wildman–Crippen MR) is 218 cm³/mol. The molecule has 0 radical (unpaired) electrons. The number of hydrogen-bond donors (Lipinski definition) is 3. The molecule has 248 valence electrons. The molecule has 1 unspecified atom stereocenters. The van der Waals surface area contributed by atoms with Gasteiger partial charge in [0.2, 0.25) is 0 Å². The number of fused-ring (bicyclic) bond motifs is 4. The zero-order valence-corrected chi connectivity index (χ0v) is 28.7. The van der Waals surface area contributed by atoms with E-state index in [0.29, 0.717) is 6.67 Å². The Morgan fingerprint density at radius 1 is 0.608 bits per heavy atom. The SMILES string of the molecule is C=Cc1cc(-c2cccc(C3NNCNc4ccccc4-c4ccccc4N3c3cccc(-c4ccc5ccccc5c4)c3)c2)ccc1/C=C\C. The number of para-hydroxylation sites is 2. The molecule has 8 rings (SSSR count). The molecule has 0 saturated carbocycles. The van der Waals surface area contributed by atoms with Crippen molar-refractivity contribution in [2.24, 2.45) is 0 Å². The van der Waals surface area contributed by atoms with Crippen molar-refractivity contribution in [2.45, 2.75) is 13.1 Å². The zero-order valence-electron chi connectivity index (χ0n) is 28.7. The summed E-state index contributed by atoms with van der Waals surface area (Å²) in [5.41, 5.74) is 20.8. The summed E-state index contributed by atoms with van der Waals surface area (Å²) in [5, 5.41) is 6.07. The number of nitrogens with zero attached hydrogens (tertiary/aromatic N) is 1. The summed E-state index contributed by atoms with van der Waals surface area (Å²) in [6, 6.07) is 56.8. The van der Waals surface area contributed by atoms with E-state index in [0.717, 1.165) is 61.6 Å². The van der Waals surface area contributed by atoms with Crippen molar-refractivity contribution in [3.63, 3.8) is 0 Å². The van der Waals surface area contributed by atoms with Gasteiger partial charge in [0, 0.05) is 22.5 Å². The second-order valence-electron chi connectivity index (χ2n) is 12.8. The normalized spacial score (nSPS) is 14.5. The van der Waals surface area contributed by atoms with Crippen LogP contribution in [0.5, 0.6) is 0 Å². The van der Waals surface area contributed by atoms with Crippen molar-refractivity contribution >= 4 is 40.0 Å². The van der Waals surface area contributed by atoms with Crippen molar-refractivity contribution in [2.75, 3.05) is 16.9 Å². The highest BCUT2D eigenvalue weighted by Gasteiger charge is 2.27. The molecule has 7 aromatic rings. The summed E-state index contributed by atoms with van der Waals surface area (Å²) in [7, 11) is 0. The van der Waals surface area contributed by atoms with E-state index in [4.69, 9.17) is 0 Å². The van der Waals surface area contributed by atoms with E-state index in [-0.39, 0.29) is 6.17 Å². The van der Waals surface area contributed by atoms with Crippen LogP contribution in [0.4, 0.5) is 17.1 Å². The summed E-state index contributed by atoms with van der Waals surface area (Å²) in [5.74, 6) is 0. The molecule has 0 amide bonds. The first-order valence-electron chi connectivity index (χ1n) is 17.5. The molecular formula is C47H40N4. The molecule has 0 aliphatic carbocycles. The number of allylic oxidation sites excluding steroid dienone is 1. The third kappa shape index (κ3) is 6.47. The summed E-state index contributed by atoms with van der Waals surface area (Å²) >= 11 is 0. The van der Waals surface area contributed by atoms with Crippen LogP contribution in [0.3, 0.4) is 0 Å². The first-order chi connectivity index (χ1) is 25.2. The van der Waals surface area contributed by atoms with E-state index in [1.807, 2.05) is 13.0 Å². The van der Waals surface area contributed by atoms with Crippen LogP contribution < -0.4 is 21.1 Å². The first-order valence-corrected chi connectivity index (χ1v) is 17.5. The van der Waals surface area contributed by atoms with Crippen molar-refractivity contribution in [3.05, 3.63) is 187 Å². The van der Waals surface area contributed by atoms with Crippen LogP contribution in [0.25, 0.3) is 56.3 Å². The van der Waals surface area contributed by atoms with E-state index in [1.165, 1.54) is 16.3 Å². The molecule has 3 N–H and O–H groups in total. The summed E-state index contributed by atoms with van der Waals surface area (Å²) < 4.78 is 0. The molecule has 0 bridgehead atoms. The summed E-state index contributed by atoms with van der Waals surface area (Å²) in [6.45, 7) is 6.67. The lowest BCUT2D eigenvalue weighted by Crippen LogP contribution is -2.45. The average Bonchev–Trinajstić information content (AvgIpc) is 3.19. The van der Waals surface area contributed by atoms with E-state index < -0.39 is 0 Å². The maximum atomic E-state index is 4.10. The molecule has 1 heterocycles. The van der Waals surface area contributed by atoms with Gasteiger partial charge in [0.05, 0.1) is 12.4 Å². The third-order valence-electron chi connectivity index (χ3n) is 9.64. The number of hydrazine groups is 1. The second-order valence-corrected chi connectivity index (χ2v) is 12.8. The van der Waals surface area contributed by atoms with Gasteiger partial charge in [0.1, 0.15) is 6.17 Å². The van der Waals surface area contributed by atoms with Crippen molar-refractivity contribution < 1.29 is 0 Å². The molecule has 1 aliphatic heterocycles. The summed E-state index contributed by atoms with van der Waals surface area (Å²) in [6.07, 6.45) is 5.85. The summed E-state index contributed by atoms with van der Waals surface area (Å²) in [4.78, 5) is 2.43. The van der Waals surface area contributed by atoms with Gasteiger partial charge in [0.15, 0.2) is 0 Å². The zero-order chi connectivity index (χ0) is 34.6. The minimum Gasteiger partial charge on any atom is -0.371 e. The lowest BCUT2D eigenvalue weighted by atomic mass is 9.95. The van der Waals surface area contributed by atoms with Crippen LogP contribution in [0.1, 0.15) is 29.8 Å². The number of rotatable bonds is 6. The second kappa shape index (κ2) is 14.3. The van der Waals surface area contributed by atoms with Crippen LogP contribution >= 0.6 is 0 Å². The van der Waals surface area contributed by atoms with Gasteiger partial charge in [-0.2, -0.15) is 0 Å². The van der Waals surface area contributed by atoms with Crippen molar-refractivity contribution in [1.82, 2.24) is 10.9 Å². The highest BCUT2D eigenvalue weighted by Crippen LogP contribution is 2.44. The smallest absolute Gasteiger partial charge is 0.123 e. The average molecular weight is 661 g/mol. The third-order valence-corrected chi connectivity index (χ3v) is 9.64. The maximum absolute atomic E-state index is 4.10. The number of benzene rings is 7. The fraction of sp³-hybridized carbons (Fsp3) is 0.0638. The molecular weight excluding hydrogens is 621 g/mol. The van der Waals surface area contributed by atoms with Crippen molar-refractivity contribution in [1.29, 1.82) is 0 Å². The number of anilines is 3. The molecule has 4 nitrogen and oxygen atoms in total. The largest absolute Gasteiger partial charge is 0.371 e. The number of nitrogens with one attached hydrogen (secondary N) is 3. The standard InChI is InChI=1S/C47H40N4/c1-3-13-34-24-26-39(28-33(34)4-2)37-16-11-18-41(30-37)47-50-49-32-48-45-22-9-7-20-43(45)44-21-8-10-23-46(44)51(47)42-19-12-17-38(31-42)40-27-25-35-14-5-6-15-36(35)29-40/h3-31,47-50H,2,32H2,1H3/b13-3-. The Morgan fingerprint density at radius 2 is 1.31 bits per heavy atom. The topological polar surface area (TPSA) is 39.3 Å². The molecule has 0 fully saturated rings. The number of hydrogen-bond acceptors (Lipinski definition) is 4. The minimum absolute atomic E-state index is 0.272. The van der Waals surface area contributed by atoms with Crippen LogP contribution in [-0.4, -0.2) is 6.67 Å². The van der Waals surface area contributed by atoms with Crippen LogP contribution in [0.2, 0.25) is 0 Å². The van der Waals surface area contributed by atoms with Crippen LogP contribution in [0.15, 0.2) is 170 Å². The molecule has 4 heteroatoms. The van der Waals surface area contributed by atoms with E-state index in [1.54, 1.807) is 0 Å². The van der Waals surface area contributed by atoms with E-state index >= 15 is 0 Å². The van der Waals surface area contributed by atoms with Crippen LogP contribution in [-0.2, 0) is 0 Å². The monoisotopic (exact) mass is 660 g/mol. The molecule has 0 spiro atoms. The Balaban J connectivity index is 1.31. The highest BCUT2D eigenvalue weighted by atomic mass is 15.5. The van der Waals surface area contributed by atoms with Gasteiger partial charge in [-0.3, -0.25) is 0 Å². The Bertz CT molecular complexity index is 2390. The lowest BCUT2D eigenvalue weighted by Gasteiger charge is -2.37. The lowest BCUT2D eigenvalue weighted by molar-refractivity contribution is 0.456. The molecule has 51 heavy (non-hydrogen) atoms. The van der Waals surface area contributed by atoms with Gasteiger partial charge in [-0.15, -0.1) is 0 Å². The quantitative estimate of drug-likeness (QED) is 0.166. The van der Waals surface area contributed by atoms with Gasteiger partial charge in [-0.25, -0.2) is 10.9 Å². The Morgan fingerprint density at radius 3 is 2.18 bits per heavy atom. The Hall–Kier alpha value is -6.20. The van der Waals surface area contributed by atoms with E-state index in [9.17, 15) is 0 Å². The Kier molecular flexibility index (Phi) is 9.01. The first kappa shape index (κ1) is 32.0. The predicted octanol–water partition coefficient (Wildman–Crippen LogP) is 11.8. The van der Waals surface area contributed by atoms with Gasteiger partial charge >= 0.3 is 0 Å². The fourth-order valence-electron chi connectivity index (χ4n) is 7.15. The Labute approximate surface area is 300 Å². The van der Waals surface area contributed by atoms with E-state index in [2.05, 4.69) is 198 Å². The van der Waals surface area contributed by atoms with Gasteiger partial charge < -0.3 is 10.2 Å². The maximum Gasteiger partial charge on any atom is 0.123 e.